The lowest BCUT2D eigenvalue weighted by molar-refractivity contribution is -0.130. The molecule has 0 radical (unpaired) electrons. The monoisotopic (exact) mass is 410 g/mol. The molecule has 8 heteroatoms. The highest BCUT2D eigenvalue weighted by Gasteiger charge is 2.22. The fourth-order valence-corrected chi connectivity index (χ4v) is 4.11. The van der Waals surface area contributed by atoms with E-state index in [0.29, 0.717) is 6.61 Å². The third-order valence-corrected chi connectivity index (χ3v) is 5.87. The Hall–Kier alpha value is -2.63. The van der Waals surface area contributed by atoms with E-state index in [1.807, 2.05) is 28.7 Å². The molecule has 0 N–H and O–H groups in total. The van der Waals surface area contributed by atoms with Gasteiger partial charge < -0.3 is 14.5 Å². The molecule has 2 aliphatic rings. The number of carbonyl (C=O) groups excluding carboxylic acids is 1. The van der Waals surface area contributed by atoms with E-state index in [9.17, 15) is 4.79 Å². The number of carbonyl (C=O) groups is 1. The van der Waals surface area contributed by atoms with E-state index in [-0.39, 0.29) is 12.0 Å². The number of amides is 1. The van der Waals surface area contributed by atoms with E-state index in [1.54, 1.807) is 6.92 Å². The maximum absolute atomic E-state index is 11.4. The van der Waals surface area contributed by atoms with Crippen LogP contribution in [0.2, 0.25) is 0 Å². The number of fused-ring (bicyclic) bond motifs is 1. The summed E-state index contributed by atoms with van der Waals surface area (Å²) in [7, 11) is 0. The Labute approximate surface area is 177 Å². The Kier molecular flexibility index (Phi) is 6.50. The van der Waals surface area contributed by atoms with Crippen LogP contribution in [0.15, 0.2) is 18.5 Å². The number of aryl methyl sites for hydroxylation is 1. The predicted octanol–water partition coefficient (Wildman–Crippen LogP) is 1.19. The van der Waals surface area contributed by atoms with E-state index >= 15 is 0 Å². The molecule has 8 nitrogen and oxygen atoms in total. The Balaban J connectivity index is 1.18. The van der Waals surface area contributed by atoms with Crippen LogP contribution >= 0.6 is 0 Å². The van der Waals surface area contributed by atoms with Crippen LogP contribution in [0.3, 0.4) is 0 Å². The lowest BCUT2D eigenvalue weighted by Gasteiger charge is -2.33. The fraction of sp³-hybridized carbons (Fsp3) is 0.591. The van der Waals surface area contributed by atoms with Gasteiger partial charge in [-0.1, -0.05) is 11.8 Å². The molecule has 0 bridgehead atoms. The maximum Gasteiger partial charge on any atom is 0.219 e. The van der Waals surface area contributed by atoms with Crippen LogP contribution in [0.5, 0.6) is 0 Å². The molecule has 0 unspecified atom stereocenters. The van der Waals surface area contributed by atoms with Gasteiger partial charge in [-0.3, -0.25) is 9.69 Å². The van der Waals surface area contributed by atoms with Crippen molar-refractivity contribution in [2.45, 2.75) is 32.8 Å². The lowest BCUT2D eigenvalue weighted by atomic mass is 10.1. The average molecular weight is 411 g/mol. The molecule has 1 amide bonds. The van der Waals surface area contributed by atoms with Crippen LogP contribution in [0.4, 0.5) is 5.82 Å². The van der Waals surface area contributed by atoms with Crippen molar-refractivity contribution in [3.05, 3.63) is 24.2 Å². The number of piperidine rings is 1. The maximum atomic E-state index is 11.4. The Morgan fingerprint density at radius 2 is 1.93 bits per heavy atom. The van der Waals surface area contributed by atoms with Gasteiger partial charge in [-0.15, -0.1) is 0 Å². The molecular weight excluding hydrogens is 380 g/mol. The van der Waals surface area contributed by atoms with Gasteiger partial charge in [0.15, 0.2) is 5.82 Å². The van der Waals surface area contributed by atoms with Gasteiger partial charge >= 0.3 is 0 Å². The molecule has 2 aromatic rings. The zero-order chi connectivity index (χ0) is 20.9. The summed E-state index contributed by atoms with van der Waals surface area (Å²) in [6, 6.07) is 2.08. The van der Waals surface area contributed by atoms with Gasteiger partial charge in [-0.25, -0.2) is 9.50 Å². The number of ether oxygens (including phenoxy) is 1. The topological polar surface area (TPSA) is 66.2 Å². The second kappa shape index (κ2) is 9.45. The lowest BCUT2D eigenvalue weighted by Crippen LogP contribution is -2.47. The van der Waals surface area contributed by atoms with Crippen LogP contribution < -0.4 is 4.90 Å². The molecule has 0 aromatic carbocycles. The van der Waals surface area contributed by atoms with E-state index < -0.39 is 0 Å². The van der Waals surface area contributed by atoms with E-state index in [4.69, 9.17) is 4.74 Å². The van der Waals surface area contributed by atoms with Crippen LogP contribution in [-0.4, -0.2) is 88.8 Å². The van der Waals surface area contributed by atoms with Crippen molar-refractivity contribution in [2.24, 2.45) is 0 Å². The molecule has 4 rings (SSSR count). The summed E-state index contributed by atoms with van der Waals surface area (Å²) in [6.45, 7) is 10.1. The molecule has 160 valence electrons. The molecule has 0 atom stereocenters. The SMILES string of the molecule is CC(=O)N1CCN(CC#CCOC2CCN(c3nccn4nc(C)cc34)CC2)CC1. The molecule has 0 saturated carbocycles. The standard InChI is InChI=1S/C22H30N6O2/c1-18-17-21-22(23-7-11-28(21)24-18)27-9-5-20(6-10-27)30-16-4-3-8-25-12-14-26(15-13-25)19(2)29/h7,11,17,20H,5-6,8-10,12-16H2,1-2H3. The summed E-state index contributed by atoms with van der Waals surface area (Å²) in [5.41, 5.74) is 2.06. The minimum absolute atomic E-state index is 0.160. The van der Waals surface area contributed by atoms with E-state index in [1.165, 1.54) is 0 Å². The summed E-state index contributed by atoms with van der Waals surface area (Å²) in [5.74, 6) is 7.53. The smallest absolute Gasteiger partial charge is 0.219 e. The Morgan fingerprint density at radius 1 is 1.17 bits per heavy atom. The summed E-state index contributed by atoms with van der Waals surface area (Å²) in [4.78, 5) is 22.5. The molecular formula is C22H30N6O2. The van der Waals surface area contributed by atoms with Crippen LogP contribution in [0.1, 0.15) is 25.5 Å². The van der Waals surface area contributed by atoms with Gasteiger partial charge in [0.1, 0.15) is 12.1 Å². The highest BCUT2D eigenvalue weighted by Crippen LogP contribution is 2.24. The van der Waals surface area contributed by atoms with Crippen molar-refractivity contribution in [1.82, 2.24) is 24.4 Å². The van der Waals surface area contributed by atoms with Crippen molar-refractivity contribution in [1.29, 1.82) is 0 Å². The number of aromatic nitrogens is 3. The first kappa shape index (κ1) is 20.6. The minimum Gasteiger partial charge on any atom is -0.365 e. The highest BCUT2D eigenvalue weighted by atomic mass is 16.5. The van der Waals surface area contributed by atoms with Crippen molar-refractivity contribution < 1.29 is 9.53 Å². The summed E-state index contributed by atoms with van der Waals surface area (Å²) in [6.07, 6.45) is 5.91. The molecule has 2 saturated heterocycles. The molecule has 0 aliphatic carbocycles. The first-order chi connectivity index (χ1) is 14.6. The number of hydrogen-bond donors (Lipinski definition) is 0. The van der Waals surface area contributed by atoms with Crippen LogP contribution in [0, 0.1) is 18.8 Å². The van der Waals surface area contributed by atoms with Gasteiger partial charge in [-0.05, 0) is 25.8 Å². The van der Waals surface area contributed by atoms with Gasteiger partial charge in [-0.2, -0.15) is 5.10 Å². The zero-order valence-corrected chi connectivity index (χ0v) is 17.9. The van der Waals surface area contributed by atoms with E-state index in [0.717, 1.165) is 75.7 Å². The third kappa shape index (κ3) is 4.91. The van der Waals surface area contributed by atoms with Crippen LogP contribution in [0.25, 0.3) is 5.52 Å². The minimum atomic E-state index is 0.160. The Bertz CT molecular complexity index is 930. The number of rotatable bonds is 4. The van der Waals surface area contributed by atoms with Crippen molar-refractivity contribution in [3.63, 3.8) is 0 Å². The number of piperazine rings is 1. The highest BCUT2D eigenvalue weighted by molar-refractivity contribution is 5.73. The molecule has 4 heterocycles. The largest absolute Gasteiger partial charge is 0.365 e. The Morgan fingerprint density at radius 3 is 2.67 bits per heavy atom. The third-order valence-electron chi connectivity index (χ3n) is 5.87. The zero-order valence-electron chi connectivity index (χ0n) is 17.9. The number of anilines is 1. The first-order valence-electron chi connectivity index (χ1n) is 10.7. The average Bonchev–Trinajstić information content (AvgIpc) is 3.14. The van der Waals surface area contributed by atoms with Gasteiger partial charge in [0, 0.05) is 58.6 Å². The number of nitrogens with zero attached hydrogens (tertiary/aromatic N) is 6. The quantitative estimate of drug-likeness (QED) is 0.706. The van der Waals surface area contributed by atoms with E-state index in [2.05, 4.69) is 37.8 Å². The summed E-state index contributed by atoms with van der Waals surface area (Å²) < 4.78 is 7.89. The molecule has 0 spiro atoms. The van der Waals surface area contributed by atoms with Crippen LogP contribution in [-0.2, 0) is 9.53 Å². The summed E-state index contributed by atoms with van der Waals surface area (Å²) >= 11 is 0. The molecule has 2 aromatic heterocycles. The van der Waals surface area contributed by atoms with Crippen molar-refractivity contribution in [3.8, 4) is 11.8 Å². The first-order valence-corrected chi connectivity index (χ1v) is 10.7. The van der Waals surface area contributed by atoms with Crippen molar-refractivity contribution in [2.75, 3.05) is 57.3 Å². The van der Waals surface area contributed by atoms with Gasteiger partial charge in [0.2, 0.25) is 5.91 Å². The second-order valence-corrected chi connectivity index (χ2v) is 8.00. The molecule has 2 fully saturated rings. The molecule has 30 heavy (non-hydrogen) atoms. The fourth-order valence-electron chi connectivity index (χ4n) is 4.11. The molecule has 2 aliphatic heterocycles. The summed E-state index contributed by atoms with van der Waals surface area (Å²) in [5, 5.41) is 4.48. The number of hydrogen-bond acceptors (Lipinski definition) is 6. The van der Waals surface area contributed by atoms with Gasteiger partial charge in [0.25, 0.3) is 0 Å². The van der Waals surface area contributed by atoms with Gasteiger partial charge in [0.05, 0.1) is 18.3 Å². The second-order valence-electron chi connectivity index (χ2n) is 8.00. The normalized spacial score (nSPS) is 18.5. The predicted molar refractivity (Wildman–Crippen MR) is 115 cm³/mol. The van der Waals surface area contributed by atoms with Crippen molar-refractivity contribution >= 4 is 17.2 Å².